The highest BCUT2D eigenvalue weighted by molar-refractivity contribution is 5.92. The van der Waals surface area contributed by atoms with Crippen molar-refractivity contribution in [3.05, 3.63) is 24.0 Å². The van der Waals surface area contributed by atoms with Crippen LogP contribution in [0.2, 0.25) is 0 Å². The summed E-state index contributed by atoms with van der Waals surface area (Å²) < 4.78 is 5.87. The molecule has 0 aromatic carbocycles. The van der Waals surface area contributed by atoms with Gasteiger partial charge in [0.25, 0.3) is 5.91 Å². The van der Waals surface area contributed by atoms with E-state index in [0.29, 0.717) is 17.7 Å². The van der Waals surface area contributed by atoms with Gasteiger partial charge in [0.05, 0.1) is 6.10 Å². The first kappa shape index (κ1) is 14.1. The van der Waals surface area contributed by atoms with Gasteiger partial charge in [0.15, 0.2) is 0 Å². The van der Waals surface area contributed by atoms with E-state index in [2.05, 4.69) is 18.8 Å². The number of hydrogen-bond acceptors (Lipinski definition) is 2. The van der Waals surface area contributed by atoms with E-state index in [9.17, 15) is 4.79 Å². The van der Waals surface area contributed by atoms with Crippen LogP contribution >= 0.6 is 0 Å². The number of H-pyrrole nitrogens is 1. The number of carbonyl (C=O) groups is 1. The molecule has 1 aliphatic rings. The Morgan fingerprint density at radius 1 is 1.47 bits per heavy atom. The minimum atomic E-state index is 0.102. The molecule has 1 N–H and O–H groups in total. The van der Waals surface area contributed by atoms with Gasteiger partial charge in [-0.25, -0.2) is 0 Å². The lowest BCUT2D eigenvalue weighted by molar-refractivity contribution is 0.00472. The van der Waals surface area contributed by atoms with Gasteiger partial charge in [0.2, 0.25) is 0 Å². The van der Waals surface area contributed by atoms with Gasteiger partial charge in [-0.3, -0.25) is 4.79 Å². The highest BCUT2D eigenvalue weighted by Crippen LogP contribution is 2.16. The van der Waals surface area contributed by atoms with Gasteiger partial charge < -0.3 is 14.6 Å². The van der Waals surface area contributed by atoms with Crippen LogP contribution in [0.3, 0.4) is 0 Å². The Morgan fingerprint density at radius 3 is 2.79 bits per heavy atom. The van der Waals surface area contributed by atoms with E-state index in [-0.39, 0.29) is 5.91 Å². The van der Waals surface area contributed by atoms with E-state index in [4.69, 9.17) is 4.74 Å². The first-order valence-corrected chi connectivity index (χ1v) is 7.21. The Hall–Kier alpha value is -1.29. The number of nitrogens with one attached hydrogen (secondary N) is 1. The van der Waals surface area contributed by atoms with E-state index >= 15 is 0 Å². The van der Waals surface area contributed by atoms with Crippen LogP contribution in [0.4, 0.5) is 0 Å². The van der Waals surface area contributed by atoms with Crippen molar-refractivity contribution in [1.29, 1.82) is 0 Å². The number of hydrogen-bond donors (Lipinski definition) is 1. The van der Waals surface area contributed by atoms with Crippen molar-refractivity contribution >= 4 is 5.91 Å². The largest absolute Gasteiger partial charge is 0.378 e. The lowest BCUT2D eigenvalue weighted by Crippen LogP contribution is -2.41. The molecule has 1 amide bonds. The zero-order valence-electron chi connectivity index (χ0n) is 11.9. The number of likely N-dealkylation sites (tertiary alicyclic amines) is 1. The lowest BCUT2D eigenvalue weighted by Gasteiger charge is -2.31. The van der Waals surface area contributed by atoms with Gasteiger partial charge in [-0.05, 0) is 37.3 Å². The van der Waals surface area contributed by atoms with Crippen molar-refractivity contribution in [2.45, 2.75) is 39.2 Å². The normalized spacial score (nSPS) is 17.1. The third-order valence-electron chi connectivity index (χ3n) is 3.61. The standard InChI is InChI=1S/C15H24N2O2/c1-12(2)7-11-19-13-5-9-17(10-6-13)15(18)14-4-3-8-16-14/h3-4,8,12-13,16H,5-7,9-11H2,1-2H3. The molecule has 4 nitrogen and oxygen atoms in total. The second-order valence-corrected chi connectivity index (χ2v) is 5.63. The molecule has 1 aromatic rings. The van der Waals surface area contributed by atoms with Gasteiger partial charge in [0.1, 0.15) is 5.69 Å². The summed E-state index contributed by atoms with van der Waals surface area (Å²) in [4.78, 5) is 17.0. The number of nitrogens with zero attached hydrogens (tertiary/aromatic N) is 1. The summed E-state index contributed by atoms with van der Waals surface area (Å²) in [6, 6.07) is 3.68. The lowest BCUT2D eigenvalue weighted by atomic mass is 10.1. The molecule has 19 heavy (non-hydrogen) atoms. The van der Waals surface area contributed by atoms with Crippen LogP contribution in [0.25, 0.3) is 0 Å². The Balaban J connectivity index is 1.72. The van der Waals surface area contributed by atoms with E-state index in [1.807, 2.05) is 17.0 Å². The average molecular weight is 264 g/mol. The minimum Gasteiger partial charge on any atom is -0.378 e. The molecule has 4 heteroatoms. The topological polar surface area (TPSA) is 45.3 Å². The van der Waals surface area contributed by atoms with Crippen LogP contribution in [-0.4, -0.2) is 41.6 Å². The average Bonchev–Trinajstić information content (AvgIpc) is 2.92. The van der Waals surface area contributed by atoms with Gasteiger partial charge in [-0.2, -0.15) is 0 Å². The third kappa shape index (κ3) is 4.10. The fourth-order valence-electron chi connectivity index (χ4n) is 2.33. The molecular formula is C15H24N2O2. The quantitative estimate of drug-likeness (QED) is 0.888. The summed E-state index contributed by atoms with van der Waals surface area (Å²) in [5.74, 6) is 0.792. The van der Waals surface area contributed by atoms with Crippen LogP contribution in [0.5, 0.6) is 0 Å². The summed E-state index contributed by atoms with van der Waals surface area (Å²) in [6.07, 6.45) is 5.12. The smallest absolute Gasteiger partial charge is 0.270 e. The van der Waals surface area contributed by atoms with E-state index in [1.54, 1.807) is 6.20 Å². The Morgan fingerprint density at radius 2 is 2.21 bits per heavy atom. The monoisotopic (exact) mass is 264 g/mol. The predicted octanol–water partition coefficient (Wildman–Crippen LogP) is 2.68. The maximum absolute atomic E-state index is 12.1. The Labute approximate surface area is 115 Å². The van der Waals surface area contributed by atoms with Crippen LogP contribution in [-0.2, 0) is 4.74 Å². The molecule has 0 saturated carbocycles. The van der Waals surface area contributed by atoms with Crippen LogP contribution in [0, 0.1) is 5.92 Å². The van der Waals surface area contributed by atoms with E-state index in [1.165, 1.54) is 0 Å². The number of carbonyl (C=O) groups excluding carboxylic acids is 1. The Bertz CT molecular complexity index is 379. The molecule has 1 saturated heterocycles. The van der Waals surface area contributed by atoms with E-state index in [0.717, 1.165) is 39.0 Å². The molecule has 0 unspecified atom stereocenters. The van der Waals surface area contributed by atoms with Crippen LogP contribution in [0.1, 0.15) is 43.6 Å². The second-order valence-electron chi connectivity index (χ2n) is 5.63. The SMILES string of the molecule is CC(C)CCOC1CCN(C(=O)c2ccc[nH]2)CC1. The zero-order valence-corrected chi connectivity index (χ0v) is 11.9. The fraction of sp³-hybridized carbons (Fsp3) is 0.667. The molecule has 1 aromatic heterocycles. The Kier molecular flexibility index (Phi) is 5.02. The molecule has 0 aliphatic carbocycles. The molecule has 2 rings (SSSR count). The molecule has 0 radical (unpaired) electrons. The summed E-state index contributed by atoms with van der Waals surface area (Å²) in [5, 5.41) is 0. The molecule has 2 heterocycles. The number of aromatic nitrogens is 1. The third-order valence-corrected chi connectivity index (χ3v) is 3.61. The second kappa shape index (κ2) is 6.75. The maximum Gasteiger partial charge on any atom is 0.270 e. The van der Waals surface area contributed by atoms with E-state index < -0.39 is 0 Å². The zero-order chi connectivity index (χ0) is 13.7. The molecule has 0 bridgehead atoms. The van der Waals surface area contributed by atoms with Crippen molar-refractivity contribution in [2.75, 3.05) is 19.7 Å². The highest BCUT2D eigenvalue weighted by atomic mass is 16.5. The van der Waals surface area contributed by atoms with Gasteiger partial charge in [-0.1, -0.05) is 13.8 Å². The molecule has 1 fully saturated rings. The van der Waals surface area contributed by atoms with Crippen LogP contribution < -0.4 is 0 Å². The molecule has 106 valence electrons. The van der Waals surface area contributed by atoms with Crippen molar-refractivity contribution in [1.82, 2.24) is 9.88 Å². The first-order valence-electron chi connectivity index (χ1n) is 7.21. The van der Waals surface area contributed by atoms with Gasteiger partial charge in [0, 0.05) is 25.9 Å². The molecule has 1 aliphatic heterocycles. The summed E-state index contributed by atoms with van der Waals surface area (Å²) in [7, 11) is 0. The number of aromatic amines is 1. The fourth-order valence-corrected chi connectivity index (χ4v) is 2.33. The van der Waals surface area contributed by atoms with Crippen molar-refractivity contribution in [3.63, 3.8) is 0 Å². The first-order chi connectivity index (χ1) is 9.16. The number of rotatable bonds is 5. The summed E-state index contributed by atoms with van der Waals surface area (Å²) in [6.45, 7) is 6.85. The molecule has 0 atom stereocenters. The molecule has 0 spiro atoms. The molecular weight excluding hydrogens is 240 g/mol. The van der Waals surface area contributed by atoms with Crippen molar-refractivity contribution < 1.29 is 9.53 Å². The summed E-state index contributed by atoms with van der Waals surface area (Å²) >= 11 is 0. The van der Waals surface area contributed by atoms with Crippen molar-refractivity contribution in [2.24, 2.45) is 5.92 Å². The number of amides is 1. The summed E-state index contributed by atoms with van der Waals surface area (Å²) in [5.41, 5.74) is 0.680. The highest BCUT2D eigenvalue weighted by Gasteiger charge is 2.24. The number of piperidine rings is 1. The minimum absolute atomic E-state index is 0.102. The van der Waals surface area contributed by atoms with Crippen molar-refractivity contribution in [3.8, 4) is 0 Å². The maximum atomic E-state index is 12.1. The predicted molar refractivity (Wildman–Crippen MR) is 75.1 cm³/mol. The van der Waals surface area contributed by atoms with Crippen LogP contribution in [0.15, 0.2) is 18.3 Å². The number of ether oxygens (including phenoxy) is 1. The van der Waals surface area contributed by atoms with Gasteiger partial charge in [-0.15, -0.1) is 0 Å². The van der Waals surface area contributed by atoms with Gasteiger partial charge >= 0.3 is 0 Å².